The predicted molar refractivity (Wildman–Crippen MR) is 108 cm³/mol. The minimum absolute atomic E-state index is 0.163. The van der Waals surface area contributed by atoms with E-state index in [1.165, 1.54) is 48.9 Å². The van der Waals surface area contributed by atoms with E-state index in [1.807, 2.05) is 0 Å². The van der Waals surface area contributed by atoms with Crippen molar-refractivity contribution in [2.24, 2.45) is 9.98 Å². The maximum atomic E-state index is 4.96. The second-order valence-corrected chi connectivity index (χ2v) is 10.3. The molecule has 0 aromatic heterocycles. The van der Waals surface area contributed by atoms with Gasteiger partial charge in [-0.25, -0.2) is 0 Å². The first-order valence-corrected chi connectivity index (χ1v) is 12.5. The average molecular weight is 338 g/mol. The van der Waals surface area contributed by atoms with E-state index >= 15 is 0 Å². The molecule has 0 saturated carbocycles. The number of aliphatic imine (C=N–C) groups is 2. The molecular weight excluding hydrogens is 306 g/mol. The Labute approximate surface area is 139 Å². The molecule has 0 aromatic rings. The molecule has 0 fully saturated rings. The second kappa shape index (κ2) is 12.1. The van der Waals surface area contributed by atoms with Gasteiger partial charge in [-0.05, 0) is 38.5 Å². The quantitative estimate of drug-likeness (QED) is 0.505. The van der Waals surface area contributed by atoms with Gasteiger partial charge in [0, 0.05) is 0 Å². The van der Waals surface area contributed by atoms with Crippen molar-refractivity contribution in [1.82, 2.24) is 0 Å². The minimum atomic E-state index is -0.163. The molecule has 0 aromatic carbocycles. The third-order valence-corrected chi connectivity index (χ3v) is 8.00. The molecule has 2 unspecified atom stereocenters. The Hall–Kier alpha value is -0.320. The van der Waals surface area contributed by atoms with E-state index in [1.54, 1.807) is 0 Å². The first kappa shape index (κ1) is 19.7. The highest BCUT2D eigenvalue weighted by Gasteiger charge is 2.20. The number of hydrogen-bond acceptors (Lipinski definition) is 2. The predicted octanol–water partition coefficient (Wildman–Crippen LogP) is 5.73. The molecule has 0 amide bonds. The normalized spacial score (nSPS) is 21.5. The number of allylic oxidation sites excluding steroid dienone is 2. The zero-order valence-corrected chi connectivity index (χ0v) is 16.5. The third-order valence-electron chi connectivity index (χ3n) is 3.69. The van der Waals surface area contributed by atoms with Gasteiger partial charge in [0.15, 0.2) is 0 Å². The van der Waals surface area contributed by atoms with Crippen LogP contribution >= 0.6 is 15.8 Å². The molecule has 0 bridgehead atoms. The van der Waals surface area contributed by atoms with Crippen LogP contribution in [0, 0.1) is 0 Å². The van der Waals surface area contributed by atoms with Gasteiger partial charge in [-0.15, -0.1) is 0 Å². The molecule has 0 spiro atoms. The van der Waals surface area contributed by atoms with E-state index in [0.29, 0.717) is 0 Å². The molecular formula is C18H32N2P2. The average Bonchev–Trinajstić information content (AvgIpc) is 2.54. The van der Waals surface area contributed by atoms with E-state index < -0.39 is 0 Å². The van der Waals surface area contributed by atoms with Crippen molar-refractivity contribution in [3.8, 4) is 0 Å². The number of unbranched alkanes of at least 4 members (excludes halogenated alkanes) is 2. The van der Waals surface area contributed by atoms with Crippen LogP contribution in [0.1, 0.15) is 39.5 Å². The minimum Gasteiger partial charge on any atom is -0.279 e. The van der Waals surface area contributed by atoms with Crippen LogP contribution in [0.2, 0.25) is 0 Å². The molecule has 0 radical (unpaired) electrons. The maximum Gasteiger partial charge on any atom is 0.0830 e. The van der Waals surface area contributed by atoms with Crippen LogP contribution in [-0.2, 0) is 0 Å². The fourth-order valence-electron chi connectivity index (χ4n) is 2.28. The van der Waals surface area contributed by atoms with Crippen molar-refractivity contribution < 1.29 is 0 Å². The molecule has 1 rings (SSSR count). The van der Waals surface area contributed by atoms with Crippen molar-refractivity contribution in [1.29, 1.82) is 0 Å². The summed E-state index contributed by atoms with van der Waals surface area (Å²) in [6.45, 7) is 10.9. The van der Waals surface area contributed by atoms with Crippen LogP contribution < -0.4 is 0 Å². The van der Waals surface area contributed by atoms with Crippen molar-refractivity contribution in [3.05, 3.63) is 24.3 Å². The van der Waals surface area contributed by atoms with Gasteiger partial charge in [0.05, 0.1) is 24.0 Å². The van der Waals surface area contributed by atoms with Gasteiger partial charge in [-0.1, -0.05) is 66.8 Å². The molecule has 0 saturated heterocycles. The SMILES string of the molecule is CCCCP(C)C1=NC/C=C\C=C/CN=C1P(C)CCCC. The van der Waals surface area contributed by atoms with Gasteiger partial charge in [-0.2, -0.15) is 0 Å². The third kappa shape index (κ3) is 7.30. The lowest BCUT2D eigenvalue weighted by Gasteiger charge is -2.22. The highest BCUT2D eigenvalue weighted by molar-refractivity contribution is 7.88. The first-order chi connectivity index (χ1) is 10.7. The molecule has 1 aliphatic heterocycles. The molecule has 1 aliphatic rings. The Balaban J connectivity index is 2.97. The smallest absolute Gasteiger partial charge is 0.0830 e. The maximum absolute atomic E-state index is 4.96. The van der Waals surface area contributed by atoms with Crippen molar-refractivity contribution in [2.75, 3.05) is 38.7 Å². The Bertz CT molecular complexity index is 385. The Morgan fingerprint density at radius 2 is 1.23 bits per heavy atom. The number of hydrogen-bond donors (Lipinski definition) is 0. The fraction of sp³-hybridized carbons (Fsp3) is 0.667. The molecule has 1 heterocycles. The fourth-order valence-corrected chi connectivity index (χ4v) is 6.78. The van der Waals surface area contributed by atoms with Crippen LogP contribution in [0.15, 0.2) is 34.3 Å². The Kier molecular flexibility index (Phi) is 10.9. The number of rotatable bonds is 8. The van der Waals surface area contributed by atoms with Gasteiger partial charge in [-0.3, -0.25) is 9.98 Å². The standard InChI is InChI=1S/C18H32N2P2/c1-5-7-15-21(3)17-18(22(4)16-8-6-2)20-14-12-10-9-11-13-19-17/h9-12H,5-8,13-16H2,1-4H3/b11-9-,12-10-,19-17?,20-18?. The van der Waals surface area contributed by atoms with E-state index in [2.05, 4.69) is 51.5 Å². The Morgan fingerprint density at radius 1 is 0.818 bits per heavy atom. The summed E-state index contributed by atoms with van der Waals surface area (Å²) in [5.41, 5.74) is 2.71. The van der Waals surface area contributed by atoms with Gasteiger partial charge in [0.25, 0.3) is 0 Å². The second-order valence-electron chi connectivity index (χ2n) is 5.74. The Morgan fingerprint density at radius 3 is 1.59 bits per heavy atom. The van der Waals surface area contributed by atoms with E-state index in [4.69, 9.17) is 9.98 Å². The van der Waals surface area contributed by atoms with Crippen LogP contribution in [0.4, 0.5) is 0 Å². The highest BCUT2D eigenvalue weighted by Crippen LogP contribution is 2.44. The van der Waals surface area contributed by atoms with Crippen LogP contribution in [0.25, 0.3) is 0 Å². The summed E-state index contributed by atoms with van der Waals surface area (Å²) in [7, 11) is -0.327. The van der Waals surface area contributed by atoms with Gasteiger partial charge >= 0.3 is 0 Å². The molecule has 22 heavy (non-hydrogen) atoms. The van der Waals surface area contributed by atoms with E-state index in [9.17, 15) is 0 Å². The molecule has 0 aliphatic carbocycles. The molecule has 2 nitrogen and oxygen atoms in total. The summed E-state index contributed by atoms with van der Waals surface area (Å²) in [4.78, 5) is 9.92. The molecule has 124 valence electrons. The first-order valence-electron chi connectivity index (χ1n) is 8.53. The van der Waals surface area contributed by atoms with Crippen molar-refractivity contribution in [3.63, 3.8) is 0 Å². The van der Waals surface area contributed by atoms with Gasteiger partial charge < -0.3 is 0 Å². The summed E-state index contributed by atoms with van der Waals surface area (Å²) in [5, 5.41) is 0. The zero-order chi connectivity index (χ0) is 16.2. The van der Waals surface area contributed by atoms with Crippen molar-refractivity contribution >= 4 is 26.7 Å². The summed E-state index contributed by atoms with van der Waals surface area (Å²) >= 11 is 0. The summed E-state index contributed by atoms with van der Waals surface area (Å²) < 4.78 is 0. The lowest BCUT2D eigenvalue weighted by Crippen LogP contribution is -2.15. The summed E-state index contributed by atoms with van der Waals surface area (Å²) in [6.07, 6.45) is 16.2. The van der Waals surface area contributed by atoms with Crippen molar-refractivity contribution in [2.45, 2.75) is 39.5 Å². The highest BCUT2D eigenvalue weighted by atomic mass is 31.1. The number of nitrogens with zero attached hydrogens (tertiary/aromatic N) is 2. The monoisotopic (exact) mass is 338 g/mol. The molecule has 2 atom stereocenters. The zero-order valence-electron chi connectivity index (χ0n) is 14.8. The van der Waals surface area contributed by atoms with E-state index in [-0.39, 0.29) is 15.8 Å². The van der Waals surface area contributed by atoms with Crippen LogP contribution in [0.5, 0.6) is 0 Å². The van der Waals surface area contributed by atoms with Crippen LogP contribution in [0.3, 0.4) is 0 Å². The van der Waals surface area contributed by atoms with Gasteiger partial charge in [0.1, 0.15) is 0 Å². The van der Waals surface area contributed by atoms with Gasteiger partial charge in [0.2, 0.25) is 0 Å². The summed E-state index contributed by atoms with van der Waals surface area (Å²) in [6, 6.07) is 0. The topological polar surface area (TPSA) is 24.7 Å². The lowest BCUT2D eigenvalue weighted by molar-refractivity contribution is 0.893. The lowest BCUT2D eigenvalue weighted by atomic mass is 10.4. The van der Waals surface area contributed by atoms with E-state index in [0.717, 1.165) is 13.1 Å². The molecule has 4 heteroatoms. The largest absolute Gasteiger partial charge is 0.279 e. The molecule has 0 N–H and O–H groups in total. The van der Waals surface area contributed by atoms with Crippen LogP contribution in [-0.4, -0.2) is 49.6 Å². The summed E-state index contributed by atoms with van der Waals surface area (Å²) in [5.74, 6) is 0.